The molecule has 0 bridgehead atoms. The number of rotatable bonds is 5. The Bertz CT molecular complexity index is 416. The summed E-state index contributed by atoms with van der Waals surface area (Å²) in [5.41, 5.74) is 2.38. The normalized spacial score (nSPS) is 11.3. The molecule has 0 saturated carbocycles. The van der Waals surface area contributed by atoms with Crippen molar-refractivity contribution in [1.82, 2.24) is 0 Å². The maximum atomic E-state index is 10.6. The quantitative estimate of drug-likeness (QED) is 0.872. The Kier molecular flexibility index (Phi) is 4.76. The third-order valence-electron chi connectivity index (χ3n) is 2.70. The molecule has 3 nitrogen and oxygen atoms in total. The molecule has 0 amide bonds. The number of aliphatic carboxylic acids is 1. The van der Waals surface area contributed by atoms with E-state index in [2.05, 4.69) is 20.8 Å². The zero-order chi connectivity index (χ0) is 13.8. The number of aryl methyl sites for hydroxylation is 1. The zero-order valence-corrected chi connectivity index (χ0v) is 11.6. The summed E-state index contributed by atoms with van der Waals surface area (Å²) in [7, 11) is 1.66. The van der Waals surface area contributed by atoms with Gasteiger partial charge in [0.05, 0.1) is 7.11 Å². The van der Waals surface area contributed by atoms with E-state index < -0.39 is 5.97 Å². The predicted octanol–water partition coefficient (Wildman–Crippen LogP) is 3.30. The molecule has 0 radical (unpaired) electrons. The Hall–Kier alpha value is -1.51. The van der Waals surface area contributed by atoms with Gasteiger partial charge in [-0.2, -0.15) is 0 Å². The summed E-state index contributed by atoms with van der Waals surface area (Å²) in [4.78, 5) is 10.6. The fourth-order valence-electron chi connectivity index (χ4n) is 1.91. The minimum Gasteiger partial charge on any atom is -0.496 e. The zero-order valence-electron chi connectivity index (χ0n) is 11.6. The maximum absolute atomic E-state index is 10.6. The molecular weight excluding hydrogens is 228 g/mol. The van der Waals surface area contributed by atoms with Crippen LogP contribution in [-0.2, 0) is 17.6 Å². The smallest absolute Gasteiger partial charge is 0.303 e. The molecule has 0 unspecified atom stereocenters. The number of benzene rings is 1. The van der Waals surface area contributed by atoms with Gasteiger partial charge in [0.1, 0.15) is 5.75 Å². The van der Waals surface area contributed by atoms with Gasteiger partial charge in [0.2, 0.25) is 0 Å². The van der Waals surface area contributed by atoms with Crippen molar-refractivity contribution in [2.75, 3.05) is 7.11 Å². The highest BCUT2D eigenvalue weighted by atomic mass is 16.5. The standard InChI is InChI=1S/C15H22O3/c1-15(2,3)10-12-7-5-11(6-8-14(16)17)9-13(12)18-4/h5,7,9H,6,8,10H2,1-4H3,(H,16,17). The van der Waals surface area contributed by atoms with Gasteiger partial charge in [-0.25, -0.2) is 0 Å². The lowest BCUT2D eigenvalue weighted by molar-refractivity contribution is -0.136. The molecule has 1 aromatic rings. The Morgan fingerprint density at radius 3 is 2.50 bits per heavy atom. The van der Waals surface area contributed by atoms with E-state index in [4.69, 9.17) is 9.84 Å². The Morgan fingerprint density at radius 1 is 1.33 bits per heavy atom. The summed E-state index contributed by atoms with van der Waals surface area (Å²) in [6.45, 7) is 6.56. The van der Waals surface area contributed by atoms with Crippen LogP contribution in [0.5, 0.6) is 5.75 Å². The van der Waals surface area contributed by atoms with Crippen LogP contribution in [0.1, 0.15) is 38.3 Å². The lowest BCUT2D eigenvalue weighted by Gasteiger charge is -2.20. The molecular formula is C15H22O3. The molecule has 100 valence electrons. The van der Waals surface area contributed by atoms with E-state index in [9.17, 15) is 4.79 Å². The second-order valence-corrected chi connectivity index (χ2v) is 5.78. The average Bonchev–Trinajstić information content (AvgIpc) is 2.25. The fourth-order valence-corrected chi connectivity index (χ4v) is 1.91. The third-order valence-corrected chi connectivity index (χ3v) is 2.70. The Labute approximate surface area is 109 Å². The van der Waals surface area contributed by atoms with Crippen molar-refractivity contribution < 1.29 is 14.6 Å². The molecule has 18 heavy (non-hydrogen) atoms. The van der Waals surface area contributed by atoms with Gasteiger partial charge >= 0.3 is 5.97 Å². The van der Waals surface area contributed by atoms with E-state index in [-0.39, 0.29) is 11.8 Å². The topological polar surface area (TPSA) is 46.5 Å². The van der Waals surface area contributed by atoms with Gasteiger partial charge in [0.25, 0.3) is 0 Å². The third kappa shape index (κ3) is 4.78. The molecule has 0 atom stereocenters. The first-order valence-electron chi connectivity index (χ1n) is 6.19. The van der Waals surface area contributed by atoms with Crippen molar-refractivity contribution in [3.05, 3.63) is 29.3 Å². The summed E-state index contributed by atoms with van der Waals surface area (Å²) in [5.74, 6) is 0.0838. The van der Waals surface area contributed by atoms with Crippen LogP contribution in [0, 0.1) is 5.41 Å². The molecule has 0 heterocycles. The summed E-state index contributed by atoms with van der Waals surface area (Å²) < 4.78 is 5.39. The number of ether oxygens (including phenoxy) is 1. The van der Waals surface area contributed by atoms with Crippen LogP contribution in [0.2, 0.25) is 0 Å². The highest BCUT2D eigenvalue weighted by molar-refractivity contribution is 5.67. The first-order chi connectivity index (χ1) is 8.31. The van der Waals surface area contributed by atoms with Crippen LogP contribution in [-0.4, -0.2) is 18.2 Å². The Balaban J connectivity index is 2.86. The van der Waals surface area contributed by atoms with Crippen LogP contribution < -0.4 is 4.74 Å². The fraction of sp³-hybridized carbons (Fsp3) is 0.533. The predicted molar refractivity (Wildman–Crippen MR) is 72.1 cm³/mol. The lowest BCUT2D eigenvalue weighted by Crippen LogP contribution is -2.10. The van der Waals surface area contributed by atoms with Crippen molar-refractivity contribution in [3.8, 4) is 5.75 Å². The number of hydrogen-bond acceptors (Lipinski definition) is 2. The molecule has 0 fully saturated rings. The molecule has 0 saturated heterocycles. The summed E-state index contributed by atoms with van der Waals surface area (Å²) in [5, 5.41) is 8.68. The van der Waals surface area contributed by atoms with Crippen molar-refractivity contribution in [1.29, 1.82) is 0 Å². The molecule has 1 rings (SSSR count). The summed E-state index contributed by atoms with van der Waals surface area (Å²) in [6, 6.07) is 5.98. The van der Waals surface area contributed by atoms with E-state index in [1.54, 1.807) is 7.11 Å². The molecule has 0 aromatic heterocycles. The first kappa shape index (κ1) is 14.6. The van der Waals surface area contributed by atoms with Crippen molar-refractivity contribution in [2.24, 2.45) is 5.41 Å². The van der Waals surface area contributed by atoms with E-state index in [1.165, 1.54) is 5.56 Å². The number of carbonyl (C=O) groups is 1. The van der Waals surface area contributed by atoms with Crippen LogP contribution in [0.4, 0.5) is 0 Å². The van der Waals surface area contributed by atoms with E-state index in [0.717, 1.165) is 17.7 Å². The van der Waals surface area contributed by atoms with Crippen LogP contribution >= 0.6 is 0 Å². The molecule has 0 spiro atoms. The summed E-state index contributed by atoms with van der Waals surface area (Å²) >= 11 is 0. The second-order valence-electron chi connectivity index (χ2n) is 5.78. The van der Waals surface area contributed by atoms with Gasteiger partial charge in [-0.15, -0.1) is 0 Å². The largest absolute Gasteiger partial charge is 0.496 e. The van der Waals surface area contributed by atoms with Crippen molar-refractivity contribution >= 4 is 5.97 Å². The highest BCUT2D eigenvalue weighted by Crippen LogP contribution is 2.28. The maximum Gasteiger partial charge on any atom is 0.303 e. The molecule has 0 aliphatic heterocycles. The summed E-state index contributed by atoms with van der Waals surface area (Å²) in [6.07, 6.45) is 1.64. The van der Waals surface area contributed by atoms with Gasteiger partial charge in [0, 0.05) is 6.42 Å². The van der Waals surface area contributed by atoms with Gasteiger partial charge in [-0.3, -0.25) is 4.79 Å². The van der Waals surface area contributed by atoms with Gasteiger partial charge in [0.15, 0.2) is 0 Å². The SMILES string of the molecule is COc1cc(CCC(=O)O)ccc1CC(C)(C)C. The second kappa shape index (κ2) is 5.89. The lowest BCUT2D eigenvalue weighted by atomic mass is 9.87. The van der Waals surface area contributed by atoms with Crippen LogP contribution in [0.25, 0.3) is 0 Å². The van der Waals surface area contributed by atoms with Gasteiger partial charge < -0.3 is 9.84 Å². The van der Waals surface area contributed by atoms with Crippen molar-refractivity contribution in [2.45, 2.75) is 40.0 Å². The molecule has 1 N–H and O–H groups in total. The average molecular weight is 250 g/mol. The van der Waals surface area contributed by atoms with Crippen LogP contribution in [0.15, 0.2) is 18.2 Å². The van der Waals surface area contributed by atoms with E-state index in [1.807, 2.05) is 18.2 Å². The number of carboxylic acids is 1. The highest BCUT2D eigenvalue weighted by Gasteiger charge is 2.15. The molecule has 3 heteroatoms. The first-order valence-corrected chi connectivity index (χ1v) is 6.19. The van der Waals surface area contributed by atoms with Gasteiger partial charge in [-0.1, -0.05) is 32.9 Å². The van der Waals surface area contributed by atoms with Crippen LogP contribution in [0.3, 0.4) is 0 Å². The molecule has 1 aromatic carbocycles. The Morgan fingerprint density at radius 2 is 2.00 bits per heavy atom. The molecule has 0 aliphatic carbocycles. The monoisotopic (exact) mass is 250 g/mol. The minimum atomic E-state index is -0.771. The minimum absolute atomic E-state index is 0.155. The van der Waals surface area contributed by atoms with Gasteiger partial charge in [-0.05, 0) is 35.4 Å². The van der Waals surface area contributed by atoms with E-state index in [0.29, 0.717) is 6.42 Å². The number of methoxy groups -OCH3 is 1. The van der Waals surface area contributed by atoms with Crippen molar-refractivity contribution in [3.63, 3.8) is 0 Å². The van der Waals surface area contributed by atoms with E-state index >= 15 is 0 Å². The number of carboxylic acid groups (broad SMARTS) is 1. The molecule has 0 aliphatic rings. The number of hydrogen-bond donors (Lipinski definition) is 1.